The van der Waals surface area contributed by atoms with Crippen LogP contribution in [0.25, 0.3) is 10.8 Å². The van der Waals surface area contributed by atoms with Crippen LogP contribution in [0.1, 0.15) is 31.9 Å². The molecule has 3 aromatic rings. The Morgan fingerprint density at radius 1 is 1.07 bits per heavy atom. The van der Waals surface area contributed by atoms with Crippen molar-refractivity contribution in [2.75, 3.05) is 62.9 Å². The molecule has 0 bridgehead atoms. The first-order valence-corrected chi connectivity index (χ1v) is 15.5. The molecule has 1 amide bonds. The van der Waals surface area contributed by atoms with E-state index in [0.717, 1.165) is 36.8 Å². The van der Waals surface area contributed by atoms with E-state index in [9.17, 15) is 18.4 Å². The predicted molar refractivity (Wildman–Crippen MR) is 164 cm³/mol. The van der Waals surface area contributed by atoms with Gasteiger partial charge < -0.3 is 24.7 Å². The highest BCUT2D eigenvalue weighted by Gasteiger charge is 2.25. The summed E-state index contributed by atoms with van der Waals surface area (Å²) in [4.78, 5) is 15.9. The van der Waals surface area contributed by atoms with Crippen LogP contribution < -0.4 is 19.5 Å². The Morgan fingerprint density at radius 2 is 1.74 bits per heavy atom. The van der Waals surface area contributed by atoms with Gasteiger partial charge in [-0.05, 0) is 40.6 Å². The molecule has 0 unspecified atom stereocenters. The Hall–Kier alpha value is -3.87. The second-order valence-electron chi connectivity index (χ2n) is 11.1. The van der Waals surface area contributed by atoms with Crippen molar-refractivity contribution in [3.63, 3.8) is 0 Å². The molecule has 1 saturated heterocycles. The molecule has 4 rings (SSSR count). The van der Waals surface area contributed by atoms with Crippen LogP contribution in [0.3, 0.4) is 0 Å². The van der Waals surface area contributed by atoms with Crippen molar-refractivity contribution in [2.24, 2.45) is 5.16 Å². The molecule has 0 saturated carbocycles. The summed E-state index contributed by atoms with van der Waals surface area (Å²) in [5.41, 5.74) is 0.917. The second-order valence-corrected chi connectivity index (χ2v) is 12.8. The highest BCUT2D eigenvalue weighted by molar-refractivity contribution is 7.92. The topological polar surface area (TPSA) is 139 Å². The van der Waals surface area contributed by atoms with Gasteiger partial charge in [-0.25, -0.2) is 8.42 Å². The smallest absolute Gasteiger partial charge is 0.278 e. The molecule has 0 aliphatic carbocycles. The van der Waals surface area contributed by atoms with Gasteiger partial charge in [-0.2, -0.15) is 0 Å². The average molecular weight is 599 g/mol. The highest BCUT2D eigenvalue weighted by Crippen LogP contribution is 2.39. The fourth-order valence-corrected chi connectivity index (χ4v) is 5.32. The van der Waals surface area contributed by atoms with Crippen molar-refractivity contribution >= 4 is 43.8 Å². The zero-order valence-corrected chi connectivity index (χ0v) is 25.4. The maximum atomic E-state index is 13.6. The zero-order valence-electron chi connectivity index (χ0n) is 24.6. The molecule has 1 aliphatic rings. The van der Waals surface area contributed by atoms with E-state index in [1.165, 1.54) is 7.11 Å². The van der Waals surface area contributed by atoms with Crippen LogP contribution in [0.5, 0.6) is 11.5 Å². The third-order valence-electron chi connectivity index (χ3n) is 6.93. The number of carbonyl (C=O) groups excluding carboxylic acids is 1. The monoisotopic (exact) mass is 598 g/mol. The largest absolute Gasteiger partial charge is 0.492 e. The summed E-state index contributed by atoms with van der Waals surface area (Å²) in [7, 11) is -2.27. The predicted octanol–water partition coefficient (Wildman–Crippen LogP) is 4.05. The van der Waals surface area contributed by atoms with E-state index in [1.54, 1.807) is 24.3 Å². The number of hydrogen-bond acceptors (Lipinski definition) is 9. The van der Waals surface area contributed by atoms with Gasteiger partial charge in [0.25, 0.3) is 5.91 Å². The van der Waals surface area contributed by atoms with Gasteiger partial charge in [0, 0.05) is 30.6 Å². The SMILES string of the molecule is COc1c(NC(=O)/C(=N/O)c2ccc(OCCN3CCOCC3)c3ccccc23)cc(C(C)(C)C)cc1NS(C)(=O)=O. The summed E-state index contributed by atoms with van der Waals surface area (Å²) in [6.07, 6.45) is 1.03. The third-order valence-corrected chi connectivity index (χ3v) is 7.52. The van der Waals surface area contributed by atoms with Crippen LogP contribution in [0, 0.1) is 0 Å². The van der Waals surface area contributed by atoms with E-state index in [-0.39, 0.29) is 28.3 Å². The molecule has 1 aliphatic heterocycles. The van der Waals surface area contributed by atoms with Gasteiger partial charge >= 0.3 is 0 Å². The number of hydrogen-bond donors (Lipinski definition) is 3. The highest BCUT2D eigenvalue weighted by atomic mass is 32.2. The summed E-state index contributed by atoms with van der Waals surface area (Å²) in [6.45, 7) is 10.3. The number of benzene rings is 3. The van der Waals surface area contributed by atoms with Crippen LogP contribution >= 0.6 is 0 Å². The van der Waals surface area contributed by atoms with Crippen molar-refractivity contribution in [3.8, 4) is 11.5 Å². The molecule has 3 aromatic carbocycles. The fourth-order valence-electron chi connectivity index (χ4n) is 4.77. The van der Waals surface area contributed by atoms with Gasteiger partial charge in [0.15, 0.2) is 11.5 Å². The number of nitrogens with one attached hydrogen (secondary N) is 2. The molecule has 11 nitrogen and oxygen atoms in total. The third kappa shape index (κ3) is 7.50. The lowest BCUT2D eigenvalue weighted by Gasteiger charge is -2.26. The Labute approximate surface area is 246 Å². The van der Waals surface area contributed by atoms with Crippen molar-refractivity contribution < 1.29 is 32.6 Å². The Kier molecular flexibility index (Phi) is 9.60. The molecule has 42 heavy (non-hydrogen) atoms. The first kappa shape index (κ1) is 31.1. The number of oxime groups is 1. The number of fused-ring (bicyclic) bond motifs is 1. The van der Waals surface area contributed by atoms with Gasteiger partial charge in [-0.1, -0.05) is 50.2 Å². The van der Waals surface area contributed by atoms with E-state index in [2.05, 4.69) is 20.1 Å². The number of carbonyl (C=O) groups is 1. The van der Waals surface area contributed by atoms with Gasteiger partial charge in [-0.3, -0.25) is 14.4 Å². The van der Waals surface area contributed by atoms with Gasteiger partial charge in [0.2, 0.25) is 10.0 Å². The van der Waals surface area contributed by atoms with E-state index in [4.69, 9.17) is 14.2 Å². The quantitative estimate of drug-likeness (QED) is 0.181. The van der Waals surface area contributed by atoms with Gasteiger partial charge in [-0.15, -0.1) is 0 Å². The first-order valence-electron chi connectivity index (χ1n) is 13.6. The number of methoxy groups -OCH3 is 1. The van der Waals surface area contributed by atoms with Crippen molar-refractivity contribution in [3.05, 3.63) is 59.7 Å². The number of morpholine rings is 1. The zero-order chi connectivity index (χ0) is 30.5. The molecule has 1 heterocycles. The molecule has 0 atom stereocenters. The second kappa shape index (κ2) is 13.0. The van der Waals surface area contributed by atoms with Crippen LogP contribution in [-0.4, -0.2) is 83.0 Å². The first-order chi connectivity index (χ1) is 19.9. The number of amides is 1. The number of rotatable bonds is 10. The number of anilines is 2. The summed E-state index contributed by atoms with van der Waals surface area (Å²) in [5, 5.41) is 17.6. The summed E-state index contributed by atoms with van der Waals surface area (Å²) < 4.78 is 43.6. The van der Waals surface area contributed by atoms with E-state index >= 15 is 0 Å². The van der Waals surface area contributed by atoms with Crippen molar-refractivity contribution in [1.29, 1.82) is 0 Å². The van der Waals surface area contributed by atoms with Crippen molar-refractivity contribution in [1.82, 2.24) is 4.90 Å². The number of sulfonamides is 1. The molecular weight excluding hydrogens is 560 g/mol. The normalized spacial score (nSPS) is 14.9. The number of ether oxygens (including phenoxy) is 3. The summed E-state index contributed by atoms with van der Waals surface area (Å²) >= 11 is 0. The van der Waals surface area contributed by atoms with E-state index in [1.807, 2.05) is 45.0 Å². The molecule has 1 fully saturated rings. The molecule has 12 heteroatoms. The number of nitrogens with zero attached hydrogens (tertiary/aromatic N) is 2. The maximum absolute atomic E-state index is 13.6. The molecule has 0 aromatic heterocycles. The molecule has 0 radical (unpaired) electrons. The summed E-state index contributed by atoms with van der Waals surface area (Å²) in [5.74, 6) is 0.0580. The Balaban J connectivity index is 1.65. The Bertz CT molecular complexity index is 1580. The minimum absolute atomic E-state index is 0.118. The average Bonchev–Trinajstić information content (AvgIpc) is 2.93. The molecule has 0 spiro atoms. The van der Waals surface area contributed by atoms with Gasteiger partial charge in [0.1, 0.15) is 12.4 Å². The van der Waals surface area contributed by atoms with Crippen LogP contribution in [0.2, 0.25) is 0 Å². The Morgan fingerprint density at radius 3 is 2.36 bits per heavy atom. The van der Waals surface area contributed by atoms with Crippen molar-refractivity contribution in [2.45, 2.75) is 26.2 Å². The minimum atomic E-state index is -3.65. The molecule has 3 N–H and O–H groups in total. The van der Waals surface area contributed by atoms with Crippen LogP contribution in [0.4, 0.5) is 11.4 Å². The molecule has 226 valence electrons. The molecular formula is C30H38N4O7S. The lowest BCUT2D eigenvalue weighted by atomic mass is 9.86. The lowest BCUT2D eigenvalue weighted by Crippen LogP contribution is -2.38. The standard InChI is InChI=1S/C30H38N4O7S/c1-30(2,3)20-18-24(28(39-4)25(19-20)33-42(5,37)38)31-29(35)27(32-36)23-10-11-26(22-9-7-6-8-21(22)23)41-17-14-34-12-15-40-16-13-34/h6-11,18-19,33,36H,12-17H2,1-5H3,(H,31,35)/b32-27+. The van der Waals surface area contributed by atoms with Gasteiger partial charge in [0.05, 0.1) is 38.0 Å². The fraction of sp³-hybridized carbons (Fsp3) is 0.400. The van der Waals surface area contributed by atoms with E-state index in [0.29, 0.717) is 36.5 Å². The van der Waals surface area contributed by atoms with E-state index < -0.39 is 15.9 Å². The lowest BCUT2D eigenvalue weighted by molar-refractivity contribution is -0.110. The van der Waals surface area contributed by atoms with Crippen LogP contribution in [0.15, 0.2) is 53.7 Å². The maximum Gasteiger partial charge on any atom is 0.278 e. The van der Waals surface area contributed by atoms with Crippen LogP contribution in [-0.2, 0) is 25.0 Å². The summed E-state index contributed by atoms with van der Waals surface area (Å²) in [6, 6.07) is 14.2. The minimum Gasteiger partial charge on any atom is -0.492 e.